The lowest BCUT2D eigenvalue weighted by atomic mass is 10.1. The molecule has 7 nitrogen and oxygen atoms in total. The Morgan fingerprint density at radius 1 is 1.09 bits per heavy atom. The van der Waals surface area contributed by atoms with Crippen molar-refractivity contribution < 1.29 is 18.7 Å². The molecule has 1 aromatic heterocycles. The SMILES string of the molecule is Cc1cc(C)c(N2CCN(C(=O)c3ccc(N4C(=O)OCC4C)cc3F)CC2)nc1C.Cl. The number of hydrogen-bond acceptors (Lipinski definition) is 5. The van der Waals surface area contributed by atoms with Crippen molar-refractivity contribution in [2.24, 2.45) is 0 Å². The van der Waals surface area contributed by atoms with Crippen LogP contribution < -0.4 is 9.80 Å². The molecule has 2 aliphatic rings. The van der Waals surface area contributed by atoms with Crippen molar-refractivity contribution in [3.05, 3.63) is 52.5 Å². The van der Waals surface area contributed by atoms with E-state index in [1.165, 1.54) is 17.0 Å². The lowest BCUT2D eigenvalue weighted by molar-refractivity contribution is 0.0742. The van der Waals surface area contributed by atoms with E-state index in [9.17, 15) is 14.0 Å². The van der Waals surface area contributed by atoms with E-state index in [0.29, 0.717) is 31.9 Å². The largest absolute Gasteiger partial charge is 0.447 e. The second-order valence-electron chi connectivity index (χ2n) is 8.27. The number of hydrogen-bond donors (Lipinski definition) is 0. The van der Waals surface area contributed by atoms with Crippen LogP contribution in [0.3, 0.4) is 0 Å². The highest BCUT2D eigenvalue weighted by atomic mass is 35.5. The highest BCUT2D eigenvalue weighted by Crippen LogP contribution is 2.26. The van der Waals surface area contributed by atoms with E-state index < -0.39 is 11.9 Å². The Bertz CT molecular complexity index is 1040. The van der Waals surface area contributed by atoms with Crippen LogP contribution >= 0.6 is 12.4 Å². The van der Waals surface area contributed by atoms with Crippen LogP contribution in [-0.4, -0.2) is 60.7 Å². The highest BCUT2D eigenvalue weighted by Gasteiger charge is 2.32. The average molecular weight is 463 g/mol. The van der Waals surface area contributed by atoms with E-state index in [2.05, 4.69) is 11.0 Å². The maximum atomic E-state index is 14.8. The number of halogens is 2. The van der Waals surface area contributed by atoms with Crippen molar-refractivity contribution in [2.45, 2.75) is 33.7 Å². The van der Waals surface area contributed by atoms with Crippen molar-refractivity contribution in [3.63, 3.8) is 0 Å². The predicted octanol–water partition coefficient (Wildman–Crippen LogP) is 3.88. The topological polar surface area (TPSA) is 66.0 Å². The number of aromatic nitrogens is 1. The van der Waals surface area contributed by atoms with E-state index in [-0.39, 0.29) is 36.5 Å². The number of benzene rings is 1. The first-order valence-electron chi connectivity index (χ1n) is 10.5. The molecule has 1 unspecified atom stereocenters. The van der Waals surface area contributed by atoms with E-state index in [0.717, 1.165) is 22.6 Å². The molecule has 32 heavy (non-hydrogen) atoms. The van der Waals surface area contributed by atoms with Crippen LogP contribution in [-0.2, 0) is 4.74 Å². The number of aryl methyl sites for hydroxylation is 3. The summed E-state index contributed by atoms with van der Waals surface area (Å²) in [7, 11) is 0. The molecule has 2 fully saturated rings. The van der Waals surface area contributed by atoms with Gasteiger partial charge in [0.15, 0.2) is 0 Å². The van der Waals surface area contributed by atoms with Crippen molar-refractivity contribution in [2.75, 3.05) is 42.6 Å². The number of carbonyl (C=O) groups excluding carboxylic acids is 2. The minimum atomic E-state index is -0.636. The number of carbonyl (C=O) groups is 2. The fourth-order valence-electron chi connectivity index (χ4n) is 4.14. The fraction of sp³-hybridized carbons (Fsp3) is 0.435. The lowest BCUT2D eigenvalue weighted by Gasteiger charge is -2.36. The fourth-order valence-corrected chi connectivity index (χ4v) is 4.14. The molecule has 9 heteroatoms. The minimum Gasteiger partial charge on any atom is -0.447 e. The zero-order chi connectivity index (χ0) is 22.3. The second-order valence-corrected chi connectivity index (χ2v) is 8.27. The van der Waals surface area contributed by atoms with Gasteiger partial charge >= 0.3 is 6.09 Å². The molecular weight excluding hydrogens is 435 g/mol. The van der Waals surface area contributed by atoms with Crippen LogP contribution in [0.2, 0.25) is 0 Å². The molecule has 0 bridgehead atoms. The molecule has 1 atom stereocenters. The number of ether oxygens (including phenoxy) is 1. The molecule has 172 valence electrons. The smallest absolute Gasteiger partial charge is 0.414 e. The third kappa shape index (κ3) is 4.37. The van der Waals surface area contributed by atoms with Crippen LogP contribution in [0, 0.1) is 26.6 Å². The summed E-state index contributed by atoms with van der Waals surface area (Å²) in [6, 6.07) is 6.23. The molecule has 0 spiro atoms. The molecule has 2 aromatic rings. The third-order valence-corrected chi connectivity index (χ3v) is 6.04. The maximum absolute atomic E-state index is 14.8. The summed E-state index contributed by atoms with van der Waals surface area (Å²) < 4.78 is 19.8. The van der Waals surface area contributed by atoms with Crippen molar-refractivity contribution in [1.82, 2.24) is 9.88 Å². The predicted molar refractivity (Wildman–Crippen MR) is 124 cm³/mol. The van der Waals surface area contributed by atoms with Gasteiger partial charge < -0.3 is 14.5 Å². The van der Waals surface area contributed by atoms with Crippen LogP contribution in [0.5, 0.6) is 0 Å². The van der Waals surface area contributed by atoms with Crippen LogP contribution in [0.1, 0.15) is 34.1 Å². The Labute approximate surface area is 193 Å². The quantitative estimate of drug-likeness (QED) is 0.692. The number of nitrogens with zero attached hydrogens (tertiary/aromatic N) is 4. The van der Waals surface area contributed by atoms with Gasteiger partial charge in [-0.2, -0.15) is 0 Å². The van der Waals surface area contributed by atoms with Gasteiger partial charge in [0, 0.05) is 31.9 Å². The van der Waals surface area contributed by atoms with Crippen LogP contribution in [0.25, 0.3) is 0 Å². The van der Waals surface area contributed by atoms with E-state index in [4.69, 9.17) is 9.72 Å². The van der Waals surface area contributed by atoms with Gasteiger partial charge in [-0.3, -0.25) is 9.69 Å². The molecule has 3 heterocycles. The number of anilines is 2. The van der Waals surface area contributed by atoms with E-state index in [1.54, 1.807) is 11.0 Å². The molecule has 1 aromatic carbocycles. The summed E-state index contributed by atoms with van der Waals surface area (Å²) in [6.07, 6.45) is -0.502. The molecular formula is C23H28ClFN4O3. The Morgan fingerprint density at radius 2 is 1.78 bits per heavy atom. The molecule has 0 aliphatic carbocycles. The van der Waals surface area contributed by atoms with Crippen LogP contribution in [0.15, 0.2) is 24.3 Å². The van der Waals surface area contributed by atoms with Gasteiger partial charge in [0.1, 0.15) is 18.2 Å². The summed E-state index contributed by atoms with van der Waals surface area (Å²) in [4.78, 5) is 34.8. The Kier molecular flexibility index (Phi) is 6.93. The first kappa shape index (κ1) is 23.8. The average Bonchev–Trinajstić information content (AvgIpc) is 3.08. The number of cyclic esters (lactones) is 1. The van der Waals surface area contributed by atoms with Gasteiger partial charge in [-0.05, 0) is 57.0 Å². The van der Waals surface area contributed by atoms with Crippen molar-refractivity contribution in [1.29, 1.82) is 0 Å². The molecule has 4 rings (SSSR count). The molecule has 0 N–H and O–H groups in total. The van der Waals surface area contributed by atoms with Crippen molar-refractivity contribution >= 4 is 35.9 Å². The summed E-state index contributed by atoms with van der Waals surface area (Å²) in [5.41, 5.74) is 3.67. The molecule has 2 aliphatic heterocycles. The molecule has 0 saturated carbocycles. The Morgan fingerprint density at radius 3 is 2.38 bits per heavy atom. The first-order chi connectivity index (χ1) is 14.8. The molecule has 2 amide bonds. The number of pyridine rings is 1. The van der Waals surface area contributed by atoms with Gasteiger partial charge in [-0.1, -0.05) is 6.07 Å². The summed E-state index contributed by atoms with van der Waals surface area (Å²) in [6.45, 7) is 10.4. The highest BCUT2D eigenvalue weighted by molar-refractivity contribution is 5.96. The molecule has 2 saturated heterocycles. The monoisotopic (exact) mass is 462 g/mol. The first-order valence-corrected chi connectivity index (χ1v) is 10.5. The number of amides is 2. The second kappa shape index (κ2) is 9.32. The van der Waals surface area contributed by atoms with Gasteiger partial charge in [-0.15, -0.1) is 12.4 Å². The molecule has 0 radical (unpaired) electrons. The Balaban J connectivity index is 0.00000289. The number of rotatable bonds is 3. The normalized spacial score (nSPS) is 18.5. The zero-order valence-electron chi connectivity index (χ0n) is 18.7. The van der Waals surface area contributed by atoms with Crippen molar-refractivity contribution in [3.8, 4) is 0 Å². The third-order valence-electron chi connectivity index (χ3n) is 6.04. The summed E-state index contributed by atoms with van der Waals surface area (Å²) >= 11 is 0. The zero-order valence-corrected chi connectivity index (χ0v) is 19.5. The van der Waals surface area contributed by atoms with Crippen LogP contribution in [0.4, 0.5) is 20.7 Å². The van der Waals surface area contributed by atoms with Gasteiger partial charge in [0.25, 0.3) is 5.91 Å². The maximum Gasteiger partial charge on any atom is 0.414 e. The Hall–Kier alpha value is -2.87. The minimum absolute atomic E-state index is 0. The summed E-state index contributed by atoms with van der Waals surface area (Å²) in [5.74, 6) is -0.0358. The lowest BCUT2D eigenvalue weighted by Crippen LogP contribution is -2.49. The van der Waals surface area contributed by atoms with E-state index >= 15 is 0 Å². The van der Waals surface area contributed by atoms with Gasteiger partial charge in [-0.25, -0.2) is 14.2 Å². The number of piperazine rings is 1. The van der Waals surface area contributed by atoms with Gasteiger partial charge in [0.05, 0.1) is 17.3 Å². The standard InChI is InChI=1S/C23H27FN4O3.ClH/c1-14-11-15(2)21(25-17(14)4)26-7-9-27(10-8-26)22(29)19-6-5-18(12-20(19)24)28-16(3)13-31-23(28)30;/h5-6,11-12,16H,7-10,13H2,1-4H3;1H. The van der Waals surface area contributed by atoms with Gasteiger partial charge in [0.2, 0.25) is 0 Å². The van der Waals surface area contributed by atoms with E-state index in [1.807, 2.05) is 27.7 Å². The summed E-state index contributed by atoms with van der Waals surface area (Å²) in [5, 5.41) is 0.